The monoisotopic (exact) mass is 296 g/mol. The van der Waals surface area contributed by atoms with E-state index in [2.05, 4.69) is 25.7 Å². The van der Waals surface area contributed by atoms with E-state index in [1.54, 1.807) is 0 Å². The van der Waals surface area contributed by atoms with E-state index in [9.17, 15) is 5.11 Å². The number of nitrogens with zero attached hydrogens (tertiary/aromatic N) is 3. The average molecular weight is 296 g/mol. The maximum Gasteiger partial charge on any atom is 0.323 e. The standard InChI is InChI=1S/C13H24N6O2/c1-8(2)21-13-17-11(16-12(18-13)19-14)15-7-9-4-3-5-10(20)6-9/h8-10,20H,3-7,14H2,1-2H3,(H2,15,16,17,18,19). The van der Waals surface area contributed by atoms with Crippen molar-refractivity contribution < 1.29 is 9.84 Å². The molecule has 1 heterocycles. The molecule has 118 valence electrons. The fourth-order valence-corrected chi connectivity index (χ4v) is 2.45. The summed E-state index contributed by atoms with van der Waals surface area (Å²) in [5.41, 5.74) is 2.40. The predicted molar refractivity (Wildman–Crippen MR) is 79.9 cm³/mol. The van der Waals surface area contributed by atoms with Gasteiger partial charge in [0.05, 0.1) is 12.2 Å². The number of aliphatic hydroxyl groups excluding tert-OH is 1. The third kappa shape index (κ3) is 4.98. The molecule has 1 aromatic heterocycles. The number of hydrogen-bond acceptors (Lipinski definition) is 8. The lowest BCUT2D eigenvalue weighted by Crippen LogP contribution is -2.26. The minimum Gasteiger partial charge on any atom is -0.461 e. The normalized spacial score (nSPS) is 22.1. The largest absolute Gasteiger partial charge is 0.461 e. The van der Waals surface area contributed by atoms with Gasteiger partial charge in [-0.3, -0.25) is 5.43 Å². The molecule has 1 saturated carbocycles. The maximum absolute atomic E-state index is 9.69. The Kier molecular flexibility index (Phi) is 5.51. The van der Waals surface area contributed by atoms with Crippen LogP contribution in [0, 0.1) is 5.92 Å². The van der Waals surface area contributed by atoms with E-state index in [4.69, 9.17) is 10.6 Å². The summed E-state index contributed by atoms with van der Waals surface area (Å²) in [6, 6.07) is 0.235. The van der Waals surface area contributed by atoms with Gasteiger partial charge in [0.1, 0.15) is 0 Å². The fourth-order valence-electron chi connectivity index (χ4n) is 2.45. The lowest BCUT2D eigenvalue weighted by atomic mass is 9.87. The van der Waals surface area contributed by atoms with Crippen molar-refractivity contribution in [2.75, 3.05) is 17.3 Å². The molecule has 21 heavy (non-hydrogen) atoms. The van der Waals surface area contributed by atoms with Gasteiger partial charge in [-0.15, -0.1) is 0 Å². The first-order valence-electron chi connectivity index (χ1n) is 7.38. The summed E-state index contributed by atoms with van der Waals surface area (Å²) in [7, 11) is 0. The van der Waals surface area contributed by atoms with Crippen LogP contribution in [0.5, 0.6) is 6.01 Å². The number of rotatable bonds is 6. The first-order chi connectivity index (χ1) is 10.1. The van der Waals surface area contributed by atoms with Crippen molar-refractivity contribution in [3.05, 3.63) is 0 Å². The Labute approximate surface area is 124 Å². The topological polar surface area (TPSA) is 118 Å². The van der Waals surface area contributed by atoms with Crippen molar-refractivity contribution in [3.63, 3.8) is 0 Å². The number of nitrogens with two attached hydrogens (primary N) is 1. The van der Waals surface area contributed by atoms with Crippen molar-refractivity contribution in [1.29, 1.82) is 0 Å². The molecule has 0 amide bonds. The van der Waals surface area contributed by atoms with Gasteiger partial charge >= 0.3 is 6.01 Å². The highest BCUT2D eigenvalue weighted by Crippen LogP contribution is 2.24. The second-order valence-electron chi connectivity index (χ2n) is 5.64. The van der Waals surface area contributed by atoms with Crippen molar-refractivity contribution in [1.82, 2.24) is 15.0 Å². The molecule has 8 heteroatoms. The van der Waals surface area contributed by atoms with Gasteiger partial charge < -0.3 is 15.2 Å². The molecular weight excluding hydrogens is 272 g/mol. The first-order valence-corrected chi connectivity index (χ1v) is 7.38. The number of hydrazine groups is 1. The number of anilines is 2. The molecule has 1 aliphatic rings. The number of hydrogen-bond donors (Lipinski definition) is 4. The maximum atomic E-state index is 9.69. The number of ether oxygens (including phenoxy) is 1. The molecule has 1 aliphatic carbocycles. The second kappa shape index (κ2) is 7.37. The minimum atomic E-state index is -0.190. The highest BCUT2D eigenvalue weighted by Gasteiger charge is 2.20. The zero-order valence-electron chi connectivity index (χ0n) is 12.5. The molecule has 8 nitrogen and oxygen atoms in total. The van der Waals surface area contributed by atoms with Gasteiger partial charge in [-0.05, 0) is 39.0 Å². The minimum absolute atomic E-state index is 0.0284. The number of nitrogens with one attached hydrogen (secondary N) is 2. The zero-order chi connectivity index (χ0) is 15.2. The van der Waals surface area contributed by atoms with Crippen LogP contribution in [0.1, 0.15) is 39.5 Å². The summed E-state index contributed by atoms with van der Waals surface area (Å²) in [5, 5.41) is 12.9. The Bertz CT molecular complexity index is 456. The van der Waals surface area contributed by atoms with E-state index < -0.39 is 0 Å². The highest BCUT2D eigenvalue weighted by molar-refractivity contribution is 5.34. The van der Waals surface area contributed by atoms with Gasteiger partial charge in [-0.1, -0.05) is 6.42 Å². The van der Waals surface area contributed by atoms with E-state index in [0.29, 0.717) is 18.4 Å². The summed E-state index contributed by atoms with van der Waals surface area (Å²) < 4.78 is 5.47. The van der Waals surface area contributed by atoms with Gasteiger partial charge in [0.2, 0.25) is 11.9 Å². The Morgan fingerprint density at radius 2 is 2.05 bits per heavy atom. The first kappa shape index (κ1) is 15.7. The van der Waals surface area contributed by atoms with Crippen LogP contribution in [0.2, 0.25) is 0 Å². The van der Waals surface area contributed by atoms with E-state index in [1.807, 2.05) is 13.8 Å². The Morgan fingerprint density at radius 1 is 1.29 bits per heavy atom. The summed E-state index contributed by atoms with van der Waals surface area (Å²) in [5.74, 6) is 6.46. The second-order valence-corrected chi connectivity index (χ2v) is 5.64. The van der Waals surface area contributed by atoms with Crippen LogP contribution in [0.4, 0.5) is 11.9 Å². The molecule has 2 unspecified atom stereocenters. The molecule has 1 aromatic rings. The molecule has 0 spiro atoms. The molecule has 1 fully saturated rings. The van der Waals surface area contributed by atoms with E-state index in [-0.39, 0.29) is 24.2 Å². The van der Waals surface area contributed by atoms with Crippen molar-refractivity contribution >= 4 is 11.9 Å². The third-order valence-corrected chi connectivity index (χ3v) is 3.39. The Hall–Kier alpha value is -1.67. The van der Waals surface area contributed by atoms with E-state index in [0.717, 1.165) is 25.7 Å². The van der Waals surface area contributed by atoms with Crippen LogP contribution in [0.15, 0.2) is 0 Å². The SMILES string of the molecule is CC(C)Oc1nc(NN)nc(NCC2CCCC(O)C2)n1. The molecule has 2 atom stereocenters. The summed E-state index contributed by atoms with van der Waals surface area (Å²) in [6.07, 6.45) is 3.66. The van der Waals surface area contributed by atoms with Crippen LogP contribution in [0.3, 0.4) is 0 Å². The Balaban J connectivity index is 1.97. The molecular formula is C13H24N6O2. The van der Waals surface area contributed by atoms with Crippen LogP contribution in [0.25, 0.3) is 0 Å². The van der Waals surface area contributed by atoms with Crippen LogP contribution in [-0.4, -0.2) is 38.8 Å². The molecule has 0 radical (unpaired) electrons. The van der Waals surface area contributed by atoms with Crippen LogP contribution >= 0.6 is 0 Å². The fraction of sp³-hybridized carbons (Fsp3) is 0.769. The number of aromatic nitrogens is 3. The van der Waals surface area contributed by atoms with Gasteiger partial charge in [-0.25, -0.2) is 5.84 Å². The van der Waals surface area contributed by atoms with E-state index >= 15 is 0 Å². The quantitative estimate of drug-likeness (QED) is 0.452. The molecule has 5 N–H and O–H groups in total. The molecule has 2 rings (SSSR count). The smallest absolute Gasteiger partial charge is 0.323 e. The highest BCUT2D eigenvalue weighted by atomic mass is 16.5. The van der Waals surface area contributed by atoms with E-state index in [1.165, 1.54) is 0 Å². The average Bonchev–Trinajstić information content (AvgIpc) is 2.44. The molecule has 0 aromatic carbocycles. The van der Waals surface area contributed by atoms with Gasteiger partial charge in [-0.2, -0.15) is 15.0 Å². The number of nitrogen functional groups attached to an aromatic ring is 1. The predicted octanol–water partition coefficient (Wildman–Crippen LogP) is 0.907. The zero-order valence-corrected chi connectivity index (χ0v) is 12.5. The Morgan fingerprint density at radius 3 is 2.71 bits per heavy atom. The summed E-state index contributed by atoms with van der Waals surface area (Å²) >= 11 is 0. The van der Waals surface area contributed by atoms with Crippen LogP contribution < -0.4 is 21.3 Å². The number of aliphatic hydroxyl groups is 1. The van der Waals surface area contributed by atoms with Gasteiger partial charge in [0.25, 0.3) is 0 Å². The molecule has 0 bridgehead atoms. The van der Waals surface area contributed by atoms with Crippen molar-refractivity contribution in [2.45, 2.75) is 51.7 Å². The van der Waals surface area contributed by atoms with Crippen molar-refractivity contribution in [2.24, 2.45) is 11.8 Å². The van der Waals surface area contributed by atoms with Gasteiger partial charge in [0.15, 0.2) is 0 Å². The van der Waals surface area contributed by atoms with Crippen LogP contribution in [-0.2, 0) is 0 Å². The molecule has 0 aliphatic heterocycles. The summed E-state index contributed by atoms with van der Waals surface area (Å²) in [6.45, 7) is 4.51. The van der Waals surface area contributed by atoms with Crippen molar-refractivity contribution in [3.8, 4) is 6.01 Å². The third-order valence-electron chi connectivity index (χ3n) is 3.39. The van der Waals surface area contributed by atoms with Gasteiger partial charge in [0, 0.05) is 6.54 Å². The lowest BCUT2D eigenvalue weighted by molar-refractivity contribution is 0.104. The molecule has 0 saturated heterocycles. The summed E-state index contributed by atoms with van der Waals surface area (Å²) in [4.78, 5) is 12.4. The lowest BCUT2D eigenvalue weighted by Gasteiger charge is -2.25.